The van der Waals surface area contributed by atoms with Crippen LogP contribution in [0.15, 0.2) is 151 Å². The Morgan fingerprint density at radius 2 is 1.27 bits per heavy atom. The number of nitrogens with zero attached hydrogens (tertiary/aromatic N) is 2. The lowest BCUT2D eigenvalue weighted by Crippen LogP contribution is -1.95. The van der Waals surface area contributed by atoms with Gasteiger partial charge in [0.05, 0.1) is 27.8 Å². The number of benzene rings is 5. The molecule has 0 saturated heterocycles. The zero-order valence-corrected chi connectivity index (χ0v) is 24.9. The molecular formula is C42H30N2O. The summed E-state index contributed by atoms with van der Waals surface area (Å²) in [5, 5.41) is 3.33. The van der Waals surface area contributed by atoms with Crippen LogP contribution in [0.4, 0.5) is 0 Å². The Hall–Kier alpha value is -5.93. The lowest BCUT2D eigenvalue weighted by atomic mass is 10.00. The van der Waals surface area contributed by atoms with Crippen molar-refractivity contribution < 1.29 is 4.42 Å². The highest BCUT2D eigenvalue weighted by Gasteiger charge is 2.19. The number of rotatable bonds is 6. The van der Waals surface area contributed by atoms with Crippen molar-refractivity contribution in [2.75, 3.05) is 0 Å². The first-order valence-electron chi connectivity index (χ1n) is 15.2. The van der Waals surface area contributed by atoms with E-state index in [0.717, 1.165) is 77.9 Å². The van der Waals surface area contributed by atoms with Gasteiger partial charge < -0.3 is 8.98 Å². The van der Waals surface area contributed by atoms with Crippen LogP contribution in [0.25, 0.3) is 84.3 Å². The van der Waals surface area contributed by atoms with Gasteiger partial charge in [0.1, 0.15) is 11.3 Å². The van der Waals surface area contributed by atoms with Crippen molar-refractivity contribution in [2.24, 2.45) is 0 Å². The Balaban J connectivity index is 1.29. The minimum atomic E-state index is 0.830. The highest BCUT2D eigenvalue weighted by atomic mass is 16.3. The number of allylic oxidation sites excluding steroid dienone is 1. The molecule has 3 aromatic heterocycles. The fourth-order valence-electron chi connectivity index (χ4n) is 6.42. The molecule has 8 aromatic rings. The quantitative estimate of drug-likeness (QED) is 0.196. The smallest absolute Gasteiger partial charge is 0.145 e. The maximum atomic E-state index is 6.49. The largest absolute Gasteiger partial charge is 0.455 e. The van der Waals surface area contributed by atoms with Gasteiger partial charge in [-0.25, -0.2) is 4.98 Å². The average molecular weight is 579 g/mol. The molecular weight excluding hydrogens is 548 g/mol. The molecule has 0 atom stereocenters. The van der Waals surface area contributed by atoms with Crippen LogP contribution in [0.3, 0.4) is 0 Å². The molecule has 0 aliphatic heterocycles. The standard InChI is InChI=1S/C42H30N2O/c1-3-13-40-33(4-2)34-24-25-39-41(42(34)45-40)35-18-11-12-19-38(35)44(39)32-22-20-30(21-23-32)37-27-31(28-14-7-5-8-15-28)26-36(43-37)29-16-9-6-10-17-29/h3-27H,2H2,1H3/b13-3-. The molecule has 0 N–H and O–H groups in total. The summed E-state index contributed by atoms with van der Waals surface area (Å²) in [4.78, 5) is 5.13. The summed E-state index contributed by atoms with van der Waals surface area (Å²) in [5.74, 6) is 0.830. The maximum absolute atomic E-state index is 6.49. The fraction of sp³-hybridized carbons (Fsp3) is 0.0238. The SMILES string of the molecule is C=Cc1c(/C=C\C)oc2c1ccc1c2c2ccccc2n1-c1ccc(-c2cc(-c3ccccc3)cc(-c3ccccc3)n2)cc1. The van der Waals surface area contributed by atoms with Crippen LogP contribution >= 0.6 is 0 Å². The van der Waals surface area contributed by atoms with Gasteiger partial charge in [0.2, 0.25) is 0 Å². The summed E-state index contributed by atoms with van der Waals surface area (Å²) in [7, 11) is 0. The highest BCUT2D eigenvalue weighted by Crippen LogP contribution is 2.40. The van der Waals surface area contributed by atoms with E-state index in [1.807, 2.05) is 37.3 Å². The van der Waals surface area contributed by atoms with Crippen LogP contribution in [0.1, 0.15) is 18.2 Å². The van der Waals surface area contributed by atoms with Crippen molar-refractivity contribution in [3.63, 3.8) is 0 Å². The minimum Gasteiger partial charge on any atom is -0.455 e. The Morgan fingerprint density at radius 3 is 1.96 bits per heavy atom. The van der Waals surface area contributed by atoms with Crippen LogP contribution in [-0.4, -0.2) is 9.55 Å². The van der Waals surface area contributed by atoms with E-state index in [9.17, 15) is 0 Å². The zero-order chi connectivity index (χ0) is 30.3. The van der Waals surface area contributed by atoms with E-state index >= 15 is 0 Å². The van der Waals surface area contributed by atoms with Crippen LogP contribution in [0.5, 0.6) is 0 Å². The molecule has 3 heterocycles. The third-order valence-electron chi connectivity index (χ3n) is 8.50. The molecule has 3 nitrogen and oxygen atoms in total. The van der Waals surface area contributed by atoms with E-state index in [1.54, 1.807) is 0 Å². The van der Waals surface area contributed by atoms with E-state index in [-0.39, 0.29) is 0 Å². The van der Waals surface area contributed by atoms with E-state index in [4.69, 9.17) is 9.40 Å². The van der Waals surface area contributed by atoms with Crippen LogP contribution in [0.2, 0.25) is 0 Å². The molecule has 0 radical (unpaired) electrons. The van der Waals surface area contributed by atoms with Crippen LogP contribution in [-0.2, 0) is 0 Å². The van der Waals surface area contributed by atoms with Crippen molar-refractivity contribution in [3.05, 3.63) is 157 Å². The van der Waals surface area contributed by atoms with E-state index in [1.165, 1.54) is 5.56 Å². The first-order chi connectivity index (χ1) is 22.2. The molecule has 0 spiro atoms. The first kappa shape index (κ1) is 26.7. The number of hydrogen-bond acceptors (Lipinski definition) is 2. The van der Waals surface area contributed by atoms with Gasteiger partial charge in [0.15, 0.2) is 0 Å². The van der Waals surface area contributed by atoms with E-state index in [0.29, 0.717) is 0 Å². The van der Waals surface area contributed by atoms with E-state index in [2.05, 4.69) is 132 Å². The summed E-state index contributed by atoms with van der Waals surface area (Å²) in [6.07, 6.45) is 5.89. The third kappa shape index (κ3) is 4.49. The van der Waals surface area contributed by atoms with Crippen molar-refractivity contribution >= 4 is 44.9 Å². The predicted molar refractivity (Wildman–Crippen MR) is 189 cm³/mol. The van der Waals surface area contributed by atoms with Gasteiger partial charge in [-0.15, -0.1) is 0 Å². The fourth-order valence-corrected chi connectivity index (χ4v) is 6.42. The van der Waals surface area contributed by atoms with Gasteiger partial charge in [-0.1, -0.05) is 110 Å². The monoisotopic (exact) mass is 578 g/mol. The molecule has 0 bridgehead atoms. The number of furan rings is 1. The Morgan fingerprint density at radius 1 is 0.622 bits per heavy atom. The van der Waals surface area contributed by atoms with Gasteiger partial charge in [-0.2, -0.15) is 0 Å². The van der Waals surface area contributed by atoms with Crippen molar-refractivity contribution in [3.8, 4) is 39.3 Å². The molecule has 0 unspecified atom stereocenters. The van der Waals surface area contributed by atoms with Gasteiger partial charge >= 0.3 is 0 Å². The van der Waals surface area contributed by atoms with Gasteiger partial charge in [-0.3, -0.25) is 0 Å². The van der Waals surface area contributed by atoms with Crippen molar-refractivity contribution in [2.45, 2.75) is 6.92 Å². The molecule has 0 saturated carbocycles. The summed E-state index contributed by atoms with van der Waals surface area (Å²) < 4.78 is 8.82. The van der Waals surface area contributed by atoms with Crippen LogP contribution in [0, 0.1) is 0 Å². The number of aromatic nitrogens is 2. The third-order valence-corrected chi connectivity index (χ3v) is 8.50. The van der Waals surface area contributed by atoms with E-state index < -0.39 is 0 Å². The second-order valence-electron chi connectivity index (χ2n) is 11.2. The number of pyridine rings is 1. The molecule has 45 heavy (non-hydrogen) atoms. The van der Waals surface area contributed by atoms with Crippen molar-refractivity contribution in [1.82, 2.24) is 9.55 Å². The molecule has 214 valence electrons. The van der Waals surface area contributed by atoms with Crippen LogP contribution < -0.4 is 0 Å². The zero-order valence-electron chi connectivity index (χ0n) is 24.9. The summed E-state index contributed by atoms with van der Waals surface area (Å²) in [6, 6.07) is 46.9. The lowest BCUT2D eigenvalue weighted by Gasteiger charge is -2.12. The maximum Gasteiger partial charge on any atom is 0.145 e. The first-order valence-corrected chi connectivity index (χ1v) is 15.2. The Labute approximate surface area is 262 Å². The normalized spacial score (nSPS) is 11.7. The molecule has 0 aliphatic carbocycles. The summed E-state index contributed by atoms with van der Waals surface area (Å²) in [6.45, 7) is 6.07. The molecule has 5 aromatic carbocycles. The number of hydrogen-bond donors (Lipinski definition) is 0. The van der Waals surface area contributed by atoms with Gasteiger partial charge in [-0.05, 0) is 66.6 Å². The molecule has 0 aliphatic rings. The Kier molecular flexibility index (Phi) is 6.50. The number of fused-ring (bicyclic) bond motifs is 5. The van der Waals surface area contributed by atoms with Crippen molar-refractivity contribution in [1.29, 1.82) is 0 Å². The summed E-state index contributed by atoms with van der Waals surface area (Å²) in [5.41, 5.74) is 11.6. The van der Waals surface area contributed by atoms with Gasteiger partial charge in [0.25, 0.3) is 0 Å². The molecule has 0 fully saturated rings. The molecule has 3 heteroatoms. The molecule has 0 amide bonds. The average Bonchev–Trinajstić information content (AvgIpc) is 3.64. The predicted octanol–water partition coefficient (Wildman–Crippen LogP) is 11.6. The number of para-hydroxylation sites is 1. The second-order valence-corrected chi connectivity index (χ2v) is 11.2. The topological polar surface area (TPSA) is 31.0 Å². The molecule has 8 rings (SSSR count). The lowest BCUT2D eigenvalue weighted by molar-refractivity contribution is 0.606. The van der Waals surface area contributed by atoms with Gasteiger partial charge in [0, 0.05) is 33.2 Å². The highest BCUT2D eigenvalue weighted by molar-refractivity contribution is 6.20. The summed E-state index contributed by atoms with van der Waals surface area (Å²) >= 11 is 0. The second kappa shape index (κ2) is 11.0. The Bertz CT molecular complexity index is 2320. The minimum absolute atomic E-state index is 0.830.